The highest BCUT2D eigenvalue weighted by Crippen LogP contribution is 2.46. The highest BCUT2D eigenvalue weighted by Gasteiger charge is 2.38. The van der Waals surface area contributed by atoms with Crippen molar-refractivity contribution in [2.24, 2.45) is 0 Å². The van der Waals surface area contributed by atoms with Crippen molar-refractivity contribution in [3.05, 3.63) is 107 Å². The van der Waals surface area contributed by atoms with Crippen molar-refractivity contribution < 1.29 is 14.9 Å². The quantitative estimate of drug-likeness (QED) is 0.455. The molecular formula is C26H20O3. The number of phenolic OH excluding ortho intramolecular Hbond substituents is 2. The summed E-state index contributed by atoms with van der Waals surface area (Å²) >= 11 is 0. The third-order valence-electron chi connectivity index (χ3n) is 5.59. The number of hydrogen-bond acceptors (Lipinski definition) is 3. The van der Waals surface area contributed by atoms with Gasteiger partial charge in [-0.3, -0.25) is 0 Å². The molecule has 2 N–H and O–H groups in total. The molecule has 0 saturated heterocycles. The molecule has 1 aliphatic rings. The van der Waals surface area contributed by atoms with Crippen LogP contribution in [0.2, 0.25) is 0 Å². The van der Waals surface area contributed by atoms with Gasteiger partial charge in [0, 0.05) is 22.1 Å². The molecule has 0 fully saturated rings. The molecule has 0 amide bonds. The minimum atomic E-state index is -0.870. The van der Waals surface area contributed by atoms with Gasteiger partial charge in [-0.2, -0.15) is 0 Å². The zero-order valence-corrected chi connectivity index (χ0v) is 16.0. The predicted octanol–water partition coefficient (Wildman–Crippen LogP) is 5.91. The van der Waals surface area contributed by atoms with Gasteiger partial charge in [-0.25, -0.2) is 0 Å². The van der Waals surface area contributed by atoms with Gasteiger partial charge >= 0.3 is 0 Å². The SMILES string of the molecule is Cc1cc2ccccc2c2c1C=CC(c1ccc(O)cc1)(c1ccc(O)cc1)O2. The first-order valence-corrected chi connectivity index (χ1v) is 9.56. The fraction of sp³-hybridized carbons (Fsp3) is 0.0769. The van der Waals surface area contributed by atoms with E-state index in [1.54, 1.807) is 24.3 Å². The molecule has 0 saturated carbocycles. The fourth-order valence-electron chi connectivity index (χ4n) is 4.07. The van der Waals surface area contributed by atoms with Gasteiger partial charge in [0.1, 0.15) is 17.2 Å². The first kappa shape index (κ1) is 17.4. The highest BCUT2D eigenvalue weighted by molar-refractivity contribution is 5.94. The van der Waals surface area contributed by atoms with E-state index in [9.17, 15) is 10.2 Å². The largest absolute Gasteiger partial charge is 0.508 e. The molecule has 0 atom stereocenters. The van der Waals surface area contributed by atoms with Crippen molar-refractivity contribution >= 4 is 16.8 Å². The standard InChI is InChI=1S/C26H20O3/c1-17-16-18-4-2-3-5-24(18)25-23(17)14-15-26(29-25,19-6-10-21(27)11-7-19)20-8-12-22(28)13-9-20/h2-16,27-28H,1H3. The maximum Gasteiger partial charge on any atom is 0.178 e. The summed E-state index contributed by atoms with van der Waals surface area (Å²) in [5.41, 5.74) is 3.14. The van der Waals surface area contributed by atoms with Crippen molar-refractivity contribution in [3.63, 3.8) is 0 Å². The first-order valence-electron chi connectivity index (χ1n) is 9.56. The Bertz CT molecular complexity index is 1190. The van der Waals surface area contributed by atoms with E-state index < -0.39 is 5.60 Å². The van der Waals surface area contributed by atoms with Crippen molar-refractivity contribution in [1.29, 1.82) is 0 Å². The predicted molar refractivity (Wildman–Crippen MR) is 115 cm³/mol. The van der Waals surface area contributed by atoms with Crippen LogP contribution in [0.3, 0.4) is 0 Å². The Morgan fingerprint density at radius 3 is 1.97 bits per heavy atom. The van der Waals surface area contributed by atoms with Crippen molar-refractivity contribution in [3.8, 4) is 17.2 Å². The molecule has 4 aromatic carbocycles. The molecule has 0 aromatic heterocycles. The van der Waals surface area contributed by atoms with Gasteiger partial charge in [0.25, 0.3) is 0 Å². The number of aryl methyl sites for hydroxylation is 1. The van der Waals surface area contributed by atoms with E-state index in [4.69, 9.17) is 4.74 Å². The molecule has 29 heavy (non-hydrogen) atoms. The topological polar surface area (TPSA) is 49.7 Å². The molecule has 142 valence electrons. The summed E-state index contributed by atoms with van der Waals surface area (Å²) in [7, 11) is 0. The summed E-state index contributed by atoms with van der Waals surface area (Å²) < 4.78 is 6.82. The molecule has 5 rings (SSSR count). The Morgan fingerprint density at radius 2 is 1.34 bits per heavy atom. The Hall–Kier alpha value is -3.72. The highest BCUT2D eigenvalue weighted by atomic mass is 16.5. The van der Waals surface area contributed by atoms with Crippen LogP contribution in [0.4, 0.5) is 0 Å². The number of ether oxygens (including phenoxy) is 1. The average molecular weight is 380 g/mol. The van der Waals surface area contributed by atoms with E-state index in [0.717, 1.165) is 38.8 Å². The van der Waals surface area contributed by atoms with Crippen LogP contribution in [0.25, 0.3) is 16.8 Å². The third-order valence-corrected chi connectivity index (χ3v) is 5.59. The van der Waals surface area contributed by atoms with Crippen LogP contribution in [0.1, 0.15) is 22.3 Å². The van der Waals surface area contributed by atoms with Crippen molar-refractivity contribution in [1.82, 2.24) is 0 Å². The summed E-state index contributed by atoms with van der Waals surface area (Å²) in [6.07, 6.45) is 4.16. The van der Waals surface area contributed by atoms with Gasteiger partial charge in [0.2, 0.25) is 0 Å². The van der Waals surface area contributed by atoms with Crippen LogP contribution in [0.15, 0.2) is 84.9 Å². The Labute approximate surface area is 169 Å². The third kappa shape index (κ3) is 2.74. The van der Waals surface area contributed by atoms with Crippen LogP contribution in [-0.4, -0.2) is 10.2 Å². The van der Waals surface area contributed by atoms with Gasteiger partial charge < -0.3 is 14.9 Å². The minimum absolute atomic E-state index is 0.205. The summed E-state index contributed by atoms with van der Waals surface area (Å²) in [4.78, 5) is 0. The summed E-state index contributed by atoms with van der Waals surface area (Å²) in [5, 5.41) is 21.8. The molecule has 3 nitrogen and oxygen atoms in total. The lowest BCUT2D eigenvalue weighted by Crippen LogP contribution is -2.34. The lowest BCUT2D eigenvalue weighted by atomic mass is 9.82. The Kier molecular flexibility index (Phi) is 3.85. The maximum absolute atomic E-state index is 9.79. The number of aromatic hydroxyl groups is 2. The second-order valence-electron chi connectivity index (χ2n) is 7.42. The van der Waals surface area contributed by atoms with Crippen LogP contribution in [0.5, 0.6) is 17.2 Å². The maximum atomic E-state index is 9.79. The number of benzene rings is 4. The molecule has 1 heterocycles. The number of fused-ring (bicyclic) bond motifs is 3. The van der Waals surface area contributed by atoms with Crippen molar-refractivity contribution in [2.75, 3.05) is 0 Å². The van der Waals surface area contributed by atoms with Gasteiger partial charge in [-0.05, 0) is 48.2 Å². The summed E-state index contributed by atoms with van der Waals surface area (Å²) in [6, 6.07) is 24.5. The molecule has 0 bridgehead atoms. The van der Waals surface area contributed by atoms with Crippen LogP contribution in [0, 0.1) is 6.92 Å². The van der Waals surface area contributed by atoms with Crippen LogP contribution >= 0.6 is 0 Å². The van der Waals surface area contributed by atoms with Crippen LogP contribution in [-0.2, 0) is 5.60 Å². The van der Waals surface area contributed by atoms with E-state index in [1.807, 2.05) is 36.4 Å². The van der Waals surface area contributed by atoms with E-state index in [0.29, 0.717) is 0 Å². The molecule has 0 unspecified atom stereocenters. The lowest BCUT2D eigenvalue weighted by molar-refractivity contribution is 0.163. The van der Waals surface area contributed by atoms with E-state index in [-0.39, 0.29) is 11.5 Å². The zero-order valence-electron chi connectivity index (χ0n) is 16.0. The van der Waals surface area contributed by atoms with Gasteiger partial charge in [-0.15, -0.1) is 0 Å². The molecular weight excluding hydrogens is 360 g/mol. The van der Waals surface area contributed by atoms with E-state index in [1.165, 1.54) is 0 Å². The zero-order chi connectivity index (χ0) is 20.0. The van der Waals surface area contributed by atoms with Gasteiger partial charge in [-0.1, -0.05) is 60.7 Å². The Balaban J connectivity index is 1.79. The number of phenols is 2. The molecule has 3 heteroatoms. The lowest BCUT2D eigenvalue weighted by Gasteiger charge is -2.37. The van der Waals surface area contributed by atoms with E-state index in [2.05, 4.69) is 37.3 Å². The molecule has 4 aromatic rings. The monoisotopic (exact) mass is 380 g/mol. The smallest absolute Gasteiger partial charge is 0.178 e. The average Bonchev–Trinajstić information content (AvgIpc) is 2.74. The normalized spacial score (nSPS) is 14.4. The summed E-state index contributed by atoms with van der Waals surface area (Å²) in [6.45, 7) is 2.09. The van der Waals surface area contributed by atoms with Crippen LogP contribution < -0.4 is 4.74 Å². The second kappa shape index (κ2) is 6.42. The van der Waals surface area contributed by atoms with Gasteiger partial charge in [0.05, 0.1) is 0 Å². The van der Waals surface area contributed by atoms with Crippen molar-refractivity contribution in [2.45, 2.75) is 12.5 Å². The number of rotatable bonds is 2. The minimum Gasteiger partial charge on any atom is -0.508 e. The summed E-state index contributed by atoms with van der Waals surface area (Å²) in [5.74, 6) is 1.25. The molecule has 0 radical (unpaired) electrons. The second-order valence-corrected chi connectivity index (χ2v) is 7.42. The fourth-order valence-corrected chi connectivity index (χ4v) is 4.07. The van der Waals surface area contributed by atoms with E-state index >= 15 is 0 Å². The molecule has 0 spiro atoms. The van der Waals surface area contributed by atoms with Gasteiger partial charge in [0.15, 0.2) is 5.60 Å². The molecule has 0 aliphatic carbocycles. The molecule has 1 aliphatic heterocycles. The first-order chi connectivity index (χ1) is 14.1. The number of hydrogen-bond donors (Lipinski definition) is 2. The Morgan fingerprint density at radius 1 is 0.759 bits per heavy atom.